The number of carbonyl (C=O) groups excluding carboxylic acids is 2. The van der Waals surface area contributed by atoms with Gasteiger partial charge in [-0.2, -0.15) is 0 Å². The Kier molecular flexibility index (Phi) is 5.43. The van der Waals surface area contributed by atoms with Gasteiger partial charge in [0.05, 0.1) is 5.88 Å². The fourth-order valence-corrected chi connectivity index (χ4v) is 8.30. The first-order chi connectivity index (χ1) is 14.3. The van der Waals surface area contributed by atoms with Crippen molar-refractivity contribution >= 4 is 23.4 Å². The number of aliphatic hydroxyl groups is 2. The number of alkyl halides is 2. The molecule has 0 amide bonds. The zero-order valence-electron chi connectivity index (χ0n) is 18.6. The van der Waals surface area contributed by atoms with Crippen molar-refractivity contribution in [3.05, 3.63) is 12.2 Å². The van der Waals surface area contributed by atoms with Crippen molar-refractivity contribution in [3.8, 4) is 0 Å². The maximum Gasteiger partial charge on any atom is 0.302 e. The highest BCUT2D eigenvalue weighted by Gasteiger charge is 2.72. The minimum Gasteiger partial charge on any atom is -0.462 e. The molecule has 7 heteroatoms. The van der Waals surface area contributed by atoms with Gasteiger partial charge in [-0.15, -0.1) is 11.6 Å². The van der Waals surface area contributed by atoms with Crippen LogP contribution in [0.15, 0.2) is 12.2 Å². The lowest BCUT2D eigenvalue weighted by atomic mass is 9.42. The van der Waals surface area contributed by atoms with Crippen LogP contribution in [-0.4, -0.2) is 51.3 Å². The quantitative estimate of drug-likeness (QED) is 0.384. The van der Waals surface area contributed by atoms with Gasteiger partial charge in [0.25, 0.3) is 0 Å². The third kappa shape index (κ3) is 2.86. The lowest BCUT2D eigenvalue weighted by molar-refractivity contribution is -0.255. The van der Waals surface area contributed by atoms with Crippen LogP contribution in [0.3, 0.4) is 0 Å². The molecule has 0 bridgehead atoms. The minimum absolute atomic E-state index is 0.0575. The lowest BCUT2D eigenvalue weighted by Crippen LogP contribution is -2.68. The van der Waals surface area contributed by atoms with E-state index < -0.39 is 46.1 Å². The summed E-state index contributed by atoms with van der Waals surface area (Å²) in [4.78, 5) is 24.1. The molecule has 4 aliphatic rings. The molecule has 0 aromatic carbocycles. The first kappa shape index (κ1) is 23.2. The molecule has 0 radical (unpaired) electrons. The predicted molar refractivity (Wildman–Crippen MR) is 114 cm³/mol. The van der Waals surface area contributed by atoms with Gasteiger partial charge in [0, 0.05) is 24.2 Å². The van der Waals surface area contributed by atoms with E-state index in [1.165, 1.54) is 6.92 Å². The SMILES string of the molecule is C=C1C[C@H]2[C@@H]3CC(F)C4(O)CC(OC(C)=O)CC[C@]4(C)[C@H]3CC[C@]2(C)[C@@]1(O)C(=O)CCl. The molecule has 0 saturated heterocycles. The average Bonchev–Trinajstić information content (AvgIpc) is 2.91. The van der Waals surface area contributed by atoms with E-state index in [1.54, 1.807) is 0 Å². The van der Waals surface area contributed by atoms with Gasteiger partial charge in [0.1, 0.15) is 17.9 Å². The molecule has 0 aromatic rings. The van der Waals surface area contributed by atoms with E-state index in [0.717, 1.165) is 0 Å². The number of ether oxygens (including phenoxy) is 1. The Hall–Kier alpha value is -0.980. The predicted octanol–water partition coefficient (Wildman–Crippen LogP) is 3.73. The number of ketones is 1. The molecule has 174 valence electrons. The molecule has 3 unspecified atom stereocenters. The van der Waals surface area contributed by atoms with Gasteiger partial charge in [-0.25, -0.2) is 4.39 Å². The number of halogens is 2. The van der Waals surface area contributed by atoms with E-state index in [9.17, 15) is 19.8 Å². The summed E-state index contributed by atoms with van der Waals surface area (Å²) in [6.45, 7) is 9.26. The van der Waals surface area contributed by atoms with Crippen molar-refractivity contribution in [3.63, 3.8) is 0 Å². The molecular weight excluding hydrogens is 423 g/mol. The number of carbonyl (C=O) groups is 2. The Morgan fingerprint density at radius 3 is 2.45 bits per heavy atom. The van der Waals surface area contributed by atoms with Gasteiger partial charge in [-0.05, 0) is 61.9 Å². The highest BCUT2D eigenvalue weighted by Crippen LogP contribution is 2.70. The van der Waals surface area contributed by atoms with Gasteiger partial charge < -0.3 is 14.9 Å². The molecule has 4 saturated carbocycles. The van der Waals surface area contributed by atoms with Crippen LogP contribution < -0.4 is 0 Å². The highest BCUT2D eigenvalue weighted by atomic mass is 35.5. The second-order valence-electron chi connectivity index (χ2n) is 10.9. The van der Waals surface area contributed by atoms with Crippen LogP contribution in [0.5, 0.6) is 0 Å². The Morgan fingerprint density at radius 1 is 1.19 bits per heavy atom. The van der Waals surface area contributed by atoms with Gasteiger partial charge in [0.15, 0.2) is 11.4 Å². The normalized spacial score (nSPS) is 51.5. The Labute approximate surface area is 188 Å². The Bertz CT molecular complexity index is 818. The topological polar surface area (TPSA) is 83.8 Å². The first-order valence-electron chi connectivity index (χ1n) is 11.4. The molecule has 2 N–H and O–H groups in total. The smallest absolute Gasteiger partial charge is 0.302 e. The summed E-state index contributed by atoms with van der Waals surface area (Å²) < 4.78 is 21.1. The summed E-state index contributed by atoms with van der Waals surface area (Å²) in [5.41, 5.74) is -4.16. The molecular formula is C24H34ClFO5. The summed E-state index contributed by atoms with van der Waals surface area (Å²) in [6, 6.07) is 0. The molecule has 5 nitrogen and oxygen atoms in total. The van der Waals surface area contributed by atoms with Crippen molar-refractivity contribution in [2.75, 3.05) is 5.88 Å². The Morgan fingerprint density at radius 2 is 1.84 bits per heavy atom. The van der Waals surface area contributed by atoms with Gasteiger partial charge in [-0.3, -0.25) is 9.59 Å². The first-order valence-corrected chi connectivity index (χ1v) is 11.9. The summed E-state index contributed by atoms with van der Waals surface area (Å²) in [5, 5.41) is 23.1. The maximum absolute atomic E-state index is 15.8. The third-order valence-electron chi connectivity index (χ3n) is 9.82. The second kappa shape index (κ2) is 7.26. The molecule has 0 spiro atoms. The Balaban J connectivity index is 1.68. The number of fused-ring (bicyclic) bond motifs is 5. The van der Waals surface area contributed by atoms with Crippen molar-refractivity contribution in [1.82, 2.24) is 0 Å². The van der Waals surface area contributed by atoms with E-state index in [0.29, 0.717) is 37.7 Å². The van der Waals surface area contributed by atoms with Crippen LogP contribution in [0.1, 0.15) is 65.7 Å². The monoisotopic (exact) mass is 456 g/mol. The minimum atomic E-state index is -1.68. The van der Waals surface area contributed by atoms with E-state index >= 15 is 4.39 Å². The van der Waals surface area contributed by atoms with Gasteiger partial charge in [-0.1, -0.05) is 20.4 Å². The summed E-state index contributed by atoms with van der Waals surface area (Å²) in [7, 11) is 0. The van der Waals surface area contributed by atoms with Crippen LogP contribution in [0, 0.1) is 28.6 Å². The van der Waals surface area contributed by atoms with E-state index in [2.05, 4.69) is 6.58 Å². The summed E-state index contributed by atoms with van der Waals surface area (Å²) in [6.07, 6.45) is 1.24. The number of rotatable bonds is 3. The fraction of sp³-hybridized carbons (Fsp3) is 0.833. The third-order valence-corrected chi connectivity index (χ3v) is 10.1. The van der Waals surface area contributed by atoms with Crippen LogP contribution >= 0.6 is 11.6 Å². The van der Waals surface area contributed by atoms with E-state index in [4.69, 9.17) is 16.3 Å². The number of hydrogen-bond acceptors (Lipinski definition) is 5. The average molecular weight is 457 g/mol. The molecule has 9 atom stereocenters. The van der Waals surface area contributed by atoms with E-state index in [-0.39, 0.29) is 36.5 Å². The lowest BCUT2D eigenvalue weighted by Gasteiger charge is -2.65. The largest absolute Gasteiger partial charge is 0.462 e. The fourth-order valence-electron chi connectivity index (χ4n) is 8.10. The molecule has 0 heterocycles. The van der Waals surface area contributed by atoms with E-state index in [1.807, 2.05) is 13.8 Å². The van der Waals surface area contributed by atoms with Crippen molar-refractivity contribution < 1.29 is 28.9 Å². The zero-order valence-corrected chi connectivity index (χ0v) is 19.4. The number of hydrogen-bond donors (Lipinski definition) is 2. The molecule has 4 aliphatic carbocycles. The van der Waals surface area contributed by atoms with Crippen molar-refractivity contribution in [2.24, 2.45) is 28.6 Å². The van der Waals surface area contributed by atoms with Gasteiger partial charge >= 0.3 is 5.97 Å². The number of Topliss-reactive ketones (excluding diaryl/α,β-unsaturated/α-hetero) is 1. The van der Waals surface area contributed by atoms with Crippen molar-refractivity contribution in [2.45, 2.75) is 89.2 Å². The van der Waals surface area contributed by atoms with Gasteiger partial charge in [0.2, 0.25) is 0 Å². The maximum atomic E-state index is 15.8. The molecule has 4 fully saturated rings. The van der Waals surface area contributed by atoms with Crippen LogP contribution in [-0.2, 0) is 14.3 Å². The molecule has 0 aliphatic heterocycles. The molecule has 4 rings (SSSR count). The van der Waals surface area contributed by atoms with Crippen molar-refractivity contribution in [1.29, 1.82) is 0 Å². The summed E-state index contributed by atoms with van der Waals surface area (Å²) >= 11 is 5.84. The van der Waals surface area contributed by atoms with Crippen LogP contribution in [0.2, 0.25) is 0 Å². The van der Waals surface area contributed by atoms with Crippen LogP contribution in [0.25, 0.3) is 0 Å². The van der Waals surface area contributed by atoms with Crippen LogP contribution in [0.4, 0.5) is 4.39 Å². The highest BCUT2D eigenvalue weighted by molar-refractivity contribution is 6.29. The standard InChI is InChI=1S/C24H34ClFO5/c1-13-9-18-16-10-19(26)23(29)11-15(31-14(2)27)5-7-21(23,3)17(16)6-8-22(18,4)24(13,30)20(28)12-25/h15-19,29-30H,1,5-12H2,2-4H3/t15?,16-,17+,18+,19?,21-,22+,23?,24+/m1/s1. The molecule has 0 aromatic heterocycles. The zero-order chi connectivity index (χ0) is 23.0. The molecule has 31 heavy (non-hydrogen) atoms. The number of esters is 1. The summed E-state index contributed by atoms with van der Waals surface area (Å²) in [5.74, 6) is -1.24. The second-order valence-corrected chi connectivity index (χ2v) is 11.2.